The standard InChI is InChI=1S/C31H23BrN4O4/c1-17-12-20(31(38)39)8-10-26(17)35-18(2)13-22(19(35)3)16-33-36-29(34-25-7-5-4-6-24(25)30(36)37)28-15-21-14-23(32)9-11-27(21)40-28/h4-16H,1-3H3,(H,38,39). The number of furan rings is 1. The highest BCUT2D eigenvalue weighted by molar-refractivity contribution is 9.10. The van der Waals surface area contributed by atoms with E-state index in [2.05, 4.69) is 21.0 Å². The van der Waals surface area contributed by atoms with Gasteiger partial charge in [-0.2, -0.15) is 9.78 Å². The Morgan fingerprint density at radius 1 is 1.02 bits per heavy atom. The van der Waals surface area contributed by atoms with Gasteiger partial charge >= 0.3 is 5.97 Å². The van der Waals surface area contributed by atoms with E-state index < -0.39 is 5.97 Å². The van der Waals surface area contributed by atoms with Gasteiger partial charge in [0.2, 0.25) is 5.82 Å². The molecule has 0 spiro atoms. The zero-order chi connectivity index (χ0) is 28.1. The first-order valence-corrected chi connectivity index (χ1v) is 13.3. The fourth-order valence-corrected chi connectivity index (χ4v) is 5.34. The van der Waals surface area contributed by atoms with Crippen LogP contribution in [0.2, 0.25) is 0 Å². The Labute approximate surface area is 237 Å². The summed E-state index contributed by atoms with van der Waals surface area (Å²) in [7, 11) is 0. The molecule has 6 rings (SSSR count). The molecular weight excluding hydrogens is 572 g/mol. The van der Waals surface area contributed by atoms with Crippen molar-refractivity contribution in [1.29, 1.82) is 0 Å². The highest BCUT2D eigenvalue weighted by atomic mass is 79.9. The summed E-state index contributed by atoms with van der Waals surface area (Å²) in [6.07, 6.45) is 1.64. The van der Waals surface area contributed by atoms with Crippen LogP contribution < -0.4 is 5.56 Å². The van der Waals surface area contributed by atoms with Crippen LogP contribution in [0, 0.1) is 20.8 Å². The Hall–Kier alpha value is -4.76. The lowest BCUT2D eigenvalue weighted by Crippen LogP contribution is -2.20. The van der Waals surface area contributed by atoms with E-state index in [0.717, 1.165) is 38.1 Å². The third-order valence-corrected chi connectivity index (χ3v) is 7.41. The van der Waals surface area contributed by atoms with Crippen molar-refractivity contribution in [3.05, 3.63) is 116 Å². The molecule has 0 atom stereocenters. The number of carbonyl (C=O) groups is 1. The van der Waals surface area contributed by atoms with Gasteiger partial charge in [-0.25, -0.2) is 9.78 Å². The summed E-state index contributed by atoms with van der Waals surface area (Å²) in [6, 6.07) is 21.7. The van der Waals surface area contributed by atoms with Gasteiger partial charge in [-0.1, -0.05) is 28.1 Å². The molecule has 0 aliphatic carbocycles. The van der Waals surface area contributed by atoms with Crippen molar-refractivity contribution < 1.29 is 14.3 Å². The number of fused-ring (bicyclic) bond motifs is 2. The van der Waals surface area contributed by atoms with E-state index in [9.17, 15) is 14.7 Å². The number of carboxylic acid groups (broad SMARTS) is 1. The lowest BCUT2D eigenvalue weighted by atomic mass is 10.1. The number of para-hydroxylation sites is 1. The quantitative estimate of drug-likeness (QED) is 0.219. The topological polar surface area (TPSA) is 103 Å². The molecule has 0 fully saturated rings. The van der Waals surface area contributed by atoms with Crippen LogP contribution in [0.4, 0.5) is 0 Å². The fraction of sp³-hybridized carbons (Fsp3) is 0.0968. The number of aromatic carboxylic acids is 1. The predicted molar refractivity (Wildman–Crippen MR) is 159 cm³/mol. The summed E-state index contributed by atoms with van der Waals surface area (Å²) in [5, 5.41) is 15.3. The average Bonchev–Trinajstić information content (AvgIpc) is 3.47. The highest BCUT2D eigenvalue weighted by Crippen LogP contribution is 2.29. The van der Waals surface area contributed by atoms with Gasteiger partial charge in [-0.15, -0.1) is 0 Å². The second-order valence-electron chi connectivity index (χ2n) is 9.58. The van der Waals surface area contributed by atoms with Gasteiger partial charge in [0.25, 0.3) is 5.56 Å². The fourth-order valence-electron chi connectivity index (χ4n) is 4.96. The minimum atomic E-state index is -0.967. The monoisotopic (exact) mass is 594 g/mol. The lowest BCUT2D eigenvalue weighted by molar-refractivity contribution is 0.0696. The summed E-state index contributed by atoms with van der Waals surface area (Å²) < 4.78 is 10.3. The third-order valence-electron chi connectivity index (χ3n) is 6.92. The summed E-state index contributed by atoms with van der Waals surface area (Å²) in [5.74, 6) is -0.250. The molecule has 0 aliphatic rings. The van der Waals surface area contributed by atoms with Gasteiger partial charge < -0.3 is 14.1 Å². The largest absolute Gasteiger partial charge is 0.478 e. The average molecular weight is 595 g/mol. The van der Waals surface area contributed by atoms with Crippen LogP contribution >= 0.6 is 15.9 Å². The van der Waals surface area contributed by atoms with Gasteiger partial charge in [0.15, 0.2) is 5.76 Å². The molecular formula is C31H23BrN4O4. The van der Waals surface area contributed by atoms with Crippen LogP contribution in [0.3, 0.4) is 0 Å². The van der Waals surface area contributed by atoms with Crippen LogP contribution in [-0.4, -0.2) is 31.5 Å². The van der Waals surface area contributed by atoms with E-state index in [-0.39, 0.29) is 11.1 Å². The number of nitrogens with zero attached hydrogens (tertiary/aromatic N) is 4. The van der Waals surface area contributed by atoms with Gasteiger partial charge in [-0.3, -0.25) is 4.79 Å². The molecule has 1 N–H and O–H groups in total. The Morgan fingerprint density at radius 2 is 1.82 bits per heavy atom. The number of hydrogen-bond acceptors (Lipinski definition) is 5. The van der Waals surface area contributed by atoms with Crippen LogP contribution in [-0.2, 0) is 0 Å². The molecule has 3 aromatic carbocycles. The number of benzene rings is 3. The number of aryl methyl sites for hydroxylation is 2. The van der Waals surface area contributed by atoms with Gasteiger partial charge in [0.05, 0.1) is 22.7 Å². The van der Waals surface area contributed by atoms with Gasteiger partial charge in [0.1, 0.15) is 5.58 Å². The van der Waals surface area contributed by atoms with E-state index >= 15 is 0 Å². The molecule has 40 heavy (non-hydrogen) atoms. The van der Waals surface area contributed by atoms with Crippen molar-refractivity contribution in [3.63, 3.8) is 0 Å². The smallest absolute Gasteiger partial charge is 0.335 e. The Kier molecular flexibility index (Phi) is 6.23. The molecule has 8 nitrogen and oxygen atoms in total. The molecule has 6 aromatic rings. The number of aromatic nitrogens is 3. The normalized spacial score (nSPS) is 11.7. The van der Waals surface area contributed by atoms with E-state index in [0.29, 0.717) is 28.1 Å². The second kappa shape index (κ2) is 9.77. The summed E-state index contributed by atoms with van der Waals surface area (Å²) in [6.45, 7) is 5.81. The molecule has 0 saturated carbocycles. The van der Waals surface area contributed by atoms with Crippen molar-refractivity contribution in [3.8, 4) is 17.3 Å². The number of hydrogen-bond donors (Lipinski definition) is 1. The van der Waals surface area contributed by atoms with Gasteiger partial charge in [-0.05, 0) is 87.0 Å². The van der Waals surface area contributed by atoms with Crippen molar-refractivity contribution >= 4 is 50.0 Å². The minimum Gasteiger partial charge on any atom is -0.478 e. The van der Waals surface area contributed by atoms with Gasteiger partial charge in [0, 0.05) is 32.5 Å². The maximum atomic E-state index is 13.6. The van der Waals surface area contributed by atoms with Crippen LogP contribution in [0.15, 0.2) is 91.6 Å². The maximum absolute atomic E-state index is 13.6. The summed E-state index contributed by atoms with van der Waals surface area (Å²) in [5.41, 5.74) is 5.49. The number of carboxylic acids is 1. The van der Waals surface area contributed by atoms with E-state index in [1.54, 1.807) is 42.6 Å². The van der Waals surface area contributed by atoms with Crippen LogP contribution in [0.5, 0.6) is 0 Å². The summed E-state index contributed by atoms with van der Waals surface area (Å²) >= 11 is 3.49. The van der Waals surface area contributed by atoms with Crippen LogP contribution in [0.25, 0.3) is 39.1 Å². The number of rotatable bonds is 5. The highest BCUT2D eigenvalue weighted by Gasteiger charge is 2.18. The van der Waals surface area contributed by atoms with E-state index in [4.69, 9.17) is 9.40 Å². The second-order valence-corrected chi connectivity index (χ2v) is 10.5. The zero-order valence-corrected chi connectivity index (χ0v) is 23.4. The SMILES string of the molecule is Cc1cc(C(=O)O)ccc1-n1c(C)cc(C=Nn2c(-c3cc4cc(Br)ccc4o3)nc3ccccc3c2=O)c1C. The van der Waals surface area contributed by atoms with Crippen LogP contribution in [0.1, 0.15) is 32.9 Å². The van der Waals surface area contributed by atoms with E-state index in [1.165, 1.54) is 4.68 Å². The third kappa shape index (κ3) is 4.34. The molecule has 3 aromatic heterocycles. The first-order chi connectivity index (χ1) is 19.2. The predicted octanol–water partition coefficient (Wildman–Crippen LogP) is 6.87. The Balaban J connectivity index is 1.49. The summed E-state index contributed by atoms with van der Waals surface area (Å²) in [4.78, 5) is 29.8. The van der Waals surface area contributed by atoms with Crippen molar-refractivity contribution in [2.75, 3.05) is 0 Å². The van der Waals surface area contributed by atoms with E-state index in [1.807, 2.05) is 61.7 Å². The molecule has 0 unspecified atom stereocenters. The molecule has 0 bridgehead atoms. The molecule has 9 heteroatoms. The maximum Gasteiger partial charge on any atom is 0.335 e. The minimum absolute atomic E-state index is 0.235. The van der Waals surface area contributed by atoms with Crippen molar-refractivity contribution in [2.24, 2.45) is 5.10 Å². The lowest BCUT2D eigenvalue weighted by Gasteiger charge is -2.13. The Morgan fingerprint density at radius 3 is 2.60 bits per heavy atom. The molecule has 3 heterocycles. The number of halogens is 1. The molecule has 0 amide bonds. The molecule has 0 saturated heterocycles. The first-order valence-electron chi connectivity index (χ1n) is 12.5. The molecule has 0 radical (unpaired) electrons. The van der Waals surface area contributed by atoms with Crippen molar-refractivity contribution in [1.82, 2.24) is 14.2 Å². The molecule has 0 aliphatic heterocycles. The Bertz CT molecular complexity index is 2070. The van der Waals surface area contributed by atoms with Crippen molar-refractivity contribution in [2.45, 2.75) is 20.8 Å². The molecule has 198 valence electrons. The zero-order valence-electron chi connectivity index (χ0n) is 21.8. The first kappa shape index (κ1) is 25.5.